The van der Waals surface area contributed by atoms with Crippen molar-refractivity contribution in [3.63, 3.8) is 0 Å². The molecule has 0 radical (unpaired) electrons. The molecule has 130 valence electrons. The van der Waals surface area contributed by atoms with Gasteiger partial charge in [-0.1, -0.05) is 37.3 Å². The molecular weight excluding hydrogens is 322 g/mol. The van der Waals surface area contributed by atoms with E-state index in [0.717, 1.165) is 12.0 Å². The van der Waals surface area contributed by atoms with Gasteiger partial charge in [0.1, 0.15) is 0 Å². The van der Waals surface area contributed by atoms with E-state index in [2.05, 4.69) is 27.3 Å². The van der Waals surface area contributed by atoms with Gasteiger partial charge < -0.3 is 5.11 Å². The van der Waals surface area contributed by atoms with Crippen LogP contribution >= 0.6 is 12.2 Å². The van der Waals surface area contributed by atoms with Gasteiger partial charge in [0.15, 0.2) is 0 Å². The molecule has 1 unspecified atom stereocenters. The fourth-order valence-corrected chi connectivity index (χ4v) is 2.26. The molecule has 0 aliphatic rings. The molecule has 0 spiro atoms. The Balaban J connectivity index is 3.15. The van der Waals surface area contributed by atoms with Crippen molar-refractivity contribution in [2.75, 3.05) is 0 Å². The zero-order valence-electron chi connectivity index (χ0n) is 14.5. The number of carboxylic acid groups (broad SMARTS) is 1. The third-order valence-corrected chi connectivity index (χ3v) is 4.08. The molecule has 1 rings (SSSR count). The summed E-state index contributed by atoms with van der Waals surface area (Å²) in [6.45, 7) is 6.08. The van der Waals surface area contributed by atoms with Crippen LogP contribution in [-0.4, -0.2) is 21.8 Å². The van der Waals surface area contributed by atoms with E-state index in [-0.39, 0.29) is 12.0 Å². The third-order valence-electron chi connectivity index (χ3n) is 3.98. The maximum atomic E-state index is 10.7. The third kappa shape index (κ3) is 6.30. The van der Waals surface area contributed by atoms with Gasteiger partial charge in [-0.2, -0.15) is 15.2 Å². The van der Waals surface area contributed by atoms with Crippen molar-refractivity contribution in [2.45, 2.75) is 64.1 Å². The number of aliphatic carboxylic acids is 1. The van der Waals surface area contributed by atoms with Crippen LogP contribution < -0.4 is 0 Å². The summed E-state index contributed by atoms with van der Waals surface area (Å²) in [6, 6.07) is 9.63. The van der Waals surface area contributed by atoms with Crippen LogP contribution in [0, 0.1) is 0 Å². The first kappa shape index (κ1) is 20.1. The largest absolute Gasteiger partial charge is 0.481 e. The Labute approximate surface area is 148 Å². The highest BCUT2D eigenvalue weighted by atomic mass is 32.1. The van der Waals surface area contributed by atoms with E-state index in [9.17, 15) is 4.79 Å². The molecule has 6 heteroatoms. The summed E-state index contributed by atoms with van der Waals surface area (Å²) in [6.07, 6.45) is 2.74. The van der Waals surface area contributed by atoms with E-state index < -0.39 is 11.6 Å². The van der Waals surface area contributed by atoms with Crippen molar-refractivity contribution < 1.29 is 9.90 Å². The Morgan fingerprint density at radius 3 is 2.42 bits per heavy atom. The summed E-state index contributed by atoms with van der Waals surface area (Å²) in [7, 11) is 0. The van der Waals surface area contributed by atoms with Gasteiger partial charge in [-0.15, -0.1) is 0 Å². The first-order valence-corrected chi connectivity index (χ1v) is 8.56. The average molecular weight is 347 g/mol. The maximum absolute atomic E-state index is 10.7. The number of thiocarbonyl (C=S) groups is 1. The van der Waals surface area contributed by atoms with E-state index >= 15 is 0 Å². The highest BCUT2D eigenvalue weighted by molar-refractivity contribution is 7.78. The molecule has 0 amide bonds. The summed E-state index contributed by atoms with van der Waals surface area (Å²) >= 11 is 4.84. The number of nitrogens with zero attached hydrogens (tertiary/aromatic N) is 3. The van der Waals surface area contributed by atoms with Crippen molar-refractivity contribution in [1.29, 1.82) is 0 Å². The number of rotatable bonds is 10. The number of hydrogen-bond acceptors (Lipinski definition) is 5. The topological polar surface area (TPSA) is 74.4 Å². The van der Waals surface area contributed by atoms with Crippen LogP contribution in [0.2, 0.25) is 0 Å². The SMILES string of the molecule is CCC(C)(C)/N=N/C(CCCCC(=O)O)(N=C=S)c1ccccc1. The van der Waals surface area contributed by atoms with Crippen LogP contribution in [0.15, 0.2) is 45.6 Å². The number of isothiocyanates is 1. The highest BCUT2D eigenvalue weighted by Crippen LogP contribution is 2.35. The lowest BCUT2D eigenvalue weighted by Crippen LogP contribution is -2.23. The molecule has 0 aromatic heterocycles. The van der Waals surface area contributed by atoms with Gasteiger partial charge in [-0.05, 0) is 51.7 Å². The van der Waals surface area contributed by atoms with Crippen molar-refractivity contribution in [3.8, 4) is 0 Å². The number of benzene rings is 1. The lowest BCUT2D eigenvalue weighted by atomic mass is 9.94. The van der Waals surface area contributed by atoms with Gasteiger partial charge in [-0.25, -0.2) is 0 Å². The van der Waals surface area contributed by atoms with Gasteiger partial charge in [0.05, 0.1) is 10.7 Å². The maximum Gasteiger partial charge on any atom is 0.303 e. The smallest absolute Gasteiger partial charge is 0.303 e. The predicted octanol–water partition coefficient (Wildman–Crippen LogP) is 5.23. The molecule has 0 saturated heterocycles. The molecule has 0 aliphatic carbocycles. The molecule has 0 fully saturated rings. The second-order valence-corrected chi connectivity index (χ2v) is 6.54. The molecule has 0 saturated carbocycles. The molecule has 0 heterocycles. The van der Waals surface area contributed by atoms with Crippen LogP contribution in [0.5, 0.6) is 0 Å². The normalized spacial score (nSPS) is 14.1. The number of hydrogen-bond donors (Lipinski definition) is 1. The van der Waals surface area contributed by atoms with Gasteiger partial charge >= 0.3 is 5.97 Å². The van der Waals surface area contributed by atoms with Crippen molar-refractivity contribution in [3.05, 3.63) is 35.9 Å². The van der Waals surface area contributed by atoms with Crippen LogP contribution in [0.25, 0.3) is 0 Å². The standard InChI is InChI=1S/C18H25N3O2S/c1-4-17(2,3)20-21-18(19-14-24,13-9-8-12-16(22)23)15-10-6-5-7-11-15/h5-7,10-11H,4,8-9,12-13H2,1-3H3,(H,22,23)/b21-20+. The van der Waals surface area contributed by atoms with Crippen molar-refractivity contribution in [2.24, 2.45) is 15.2 Å². The van der Waals surface area contributed by atoms with Gasteiger partial charge in [0.2, 0.25) is 5.66 Å². The fraction of sp³-hybridized carbons (Fsp3) is 0.556. The first-order chi connectivity index (χ1) is 11.4. The zero-order valence-corrected chi connectivity index (χ0v) is 15.3. The molecule has 0 bridgehead atoms. The summed E-state index contributed by atoms with van der Waals surface area (Å²) < 4.78 is 0. The van der Waals surface area contributed by atoms with E-state index in [1.165, 1.54) is 0 Å². The van der Waals surface area contributed by atoms with Gasteiger partial charge in [-0.3, -0.25) is 4.79 Å². The van der Waals surface area contributed by atoms with E-state index in [4.69, 9.17) is 17.3 Å². The first-order valence-electron chi connectivity index (χ1n) is 8.15. The second kappa shape index (κ2) is 9.40. The molecule has 0 aliphatic heterocycles. The lowest BCUT2D eigenvalue weighted by molar-refractivity contribution is -0.137. The fourth-order valence-electron chi connectivity index (χ4n) is 2.11. The van der Waals surface area contributed by atoms with Crippen LogP contribution in [-0.2, 0) is 10.5 Å². The minimum Gasteiger partial charge on any atom is -0.481 e. The molecule has 1 N–H and O–H groups in total. The quantitative estimate of drug-likeness (QED) is 0.272. The number of carboxylic acids is 1. The van der Waals surface area contributed by atoms with Crippen molar-refractivity contribution in [1.82, 2.24) is 0 Å². The molecule has 24 heavy (non-hydrogen) atoms. The second-order valence-electron chi connectivity index (χ2n) is 6.35. The predicted molar refractivity (Wildman–Crippen MR) is 98.5 cm³/mol. The molecule has 1 aromatic carbocycles. The Morgan fingerprint density at radius 1 is 1.21 bits per heavy atom. The summed E-state index contributed by atoms with van der Waals surface area (Å²) in [4.78, 5) is 15.1. The summed E-state index contributed by atoms with van der Waals surface area (Å²) in [5, 5.41) is 20.3. The minimum absolute atomic E-state index is 0.129. The Bertz CT molecular complexity index is 610. The van der Waals surface area contributed by atoms with Gasteiger partial charge in [0.25, 0.3) is 0 Å². The highest BCUT2D eigenvalue weighted by Gasteiger charge is 2.32. The Hall–Kier alpha value is -1.91. The lowest BCUT2D eigenvalue weighted by Gasteiger charge is -2.26. The number of azo groups is 1. The van der Waals surface area contributed by atoms with E-state index in [1.807, 2.05) is 44.2 Å². The Morgan fingerprint density at radius 2 is 1.88 bits per heavy atom. The van der Waals surface area contributed by atoms with Crippen LogP contribution in [0.3, 0.4) is 0 Å². The number of unbranched alkanes of at least 4 members (excludes halogenated alkanes) is 1. The number of carbonyl (C=O) groups is 1. The average Bonchev–Trinajstić information content (AvgIpc) is 2.57. The zero-order chi connectivity index (χ0) is 18.1. The number of aliphatic imine (C=N–C) groups is 1. The monoisotopic (exact) mass is 347 g/mol. The molecule has 5 nitrogen and oxygen atoms in total. The minimum atomic E-state index is -0.937. The van der Waals surface area contributed by atoms with Crippen molar-refractivity contribution >= 4 is 23.3 Å². The van der Waals surface area contributed by atoms with Crippen LogP contribution in [0.4, 0.5) is 0 Å². The molecular formula is C18H25N3O2S. The van der Waals surface area contributed by atoms with Gasteiger partial charge in [0, 0.05) is 12.0 Å². The molecule has 1 aromatic rings. The summed E-state index contributed by atoms with van der Waals surface area (Å²) in [5.41, 5.74) is -0.347. The Kier molecular flexibility index (Phi) is 7.89. The summed E-state index contributed by atoms with van der Waals surface area (Å²) in [5.74, 6) is -0.799. The van der Waals surface area contributed by atoms with E-state index in [1.54, 1.807) is 0 Å². The van der Waals surface area contributed by atoms with E-state index in [0.29, 0.717) is 19.3 Å². The van der Waals surface area contributed by atoms with Crippen LogP contribution in [0.1, 0.15) is 58.4 Å². The molecule has 1 atom stereocenters.